The minimum absolute atomic E-state index is 0.116. The molecular weight excluding hydrogens is 336 g/mol. The van der Waals surface area contributed by atoms with Crippen LogP contribution >= 0.6 is 0 Å². The van der Waals surface area contributed by atoms with Gasteiger partial charge < -0.3 is 5.11 Å². The fraction of sp³-hybridized carbons (Fsp3) is 0.391. The van der Waals surface area contributed by atoms with Crippen LogP contribution in [0.2, 0.25) is 0 Å². The number of carbonyl (C=O) groups is 1. The van der Waals surface area contributed by atoms with E-state index in [2.05, 4.69) is 24.4 Å². The molecule has 27 heavy (non-hydrogen) atoms. The quantitative estimate of drug-likeness (QED) is 0.597. The third-order valence-electron chi connectivity index (χ3n) is 6.45. The number of nitrogens with one attached hydrogen (secondary N) is 1. The second-order valence-electron chi connectivity index (χ2n) is 8.03. The van der Waals surface area contributed by atoms with E-state index in [1.54, 1.807) is 6.92 Å². The molecule has 3 aliphatic carbocycles. The molecule has 3 aliphatic rings. The maximum atomic E-state index is 12.9. The molecule has 2 N–H and O–H groups in total. The number of para-hydroxylation sites is 1. The SMILES string of the molecule is CC1=C(CCC=NNc2ccccc2)C2=C(C)C3(CC3)C(C)(O)C(=O)C2=C1. The molecule has 4 heteroatoms. The van der Waals surface area contributed by atoms with Gasteiger partial charge in [-0.15, -0.1) is 0 Å². The van der Waals surface area contributed by atoms with E-state index in [0.29, 0.717) is 5.57 Å². The Balaban J connectivity index is 1.50. The Morgan fingerprint density at radius 1 is 1.22 bits per heavy atom. The molecule has 0 heterocycles. The van der Waals surface area contributed by atoms with Crippen molar-refractivity contribution in [2.24, 2.45) is 10.5 Å². The number of nitrogens with zero attached hydrogens (tertiary/aromatic N) is 1. The van der Waals surface area contributed by atoms with Crippen molar-refractivity contribution in [1.82, 2.24) is 0 Å². The summed E-state index contributed by atoms with van der Waals surface area (Å²) in [4.78, 5) is 12.9. The zero-order valence-corrected chi connectivity index (χ0v) is 16.2. The summed E-state index contributed by atoms with van der Waals surface area (Å²) in [5.41, 5.74) is 7.69. The van der Waals surface area contributed by atoms with Crippen LogP contribution in [0.3, 0.4) is 0 Å². The van der Waals surface area contributed by atoms with Crippen LogP contribution in [0.15, 0.2) is 69.4 Å². The van der Waals surface area contributed by atoms with Gasteiger partial charge in [0.2, 0.25) is 0 Å². The second-order valence-corrected chi connectivity index (χ2v) is 8.03. The van der Waals surface area contributed by atoms with Gasteiger partial charge in [0.05, 0.1) is 5.69 Å². The second kappa shape index (κ2) is 6.31. The zero-order valence-electron chi connectivity index (χ0n) is 16.2. The fourth-order valence-electron chi connectivity index (χ4n) is 4.64. The van der Waals surface area contributed by atoms with Crippen molar-refractivity contribution in [3.05, 3.63) is 64.3 Å². The molecule has 4 rings (SSSR count). The van der Waals surface area contributed by atoms with E-state index in [1.165, 1.54) is 11.1 Å². The average molecular weight is 362 g/mol. The van der Waals surface area contributed by atoms with Gasteiger partial charge in [0, 0.05) is 17.2 Å². The van der Waals surface area contributed by atoms with Crippen molar-refractivity contribution in [3.8, 4) is 0 Å². The first-order chi connectivity index (χ1) is 12.9. The molecule has 140 valence electrons. The number of hydrogen-bond donors (Lipinski definition) is 2. The van der Waals surface area contributed by atoms with Crippen LogP contribution < -0.4 is 5.43 Å². The molecule has 1 aromatic rings. The van der Waals surface area contributed by atoms with Gasteiger partial charge in [-0.25, -0.2) is 0 Å². The standard InChI is InChI=1S/C23H26N2O2/c1-15-14-19-20(16(2)23(11-12-23)22(3,27)21(19)26)18(15)10-7-13-24-25-17-8-5-4-6-9-17/h4-6,8-9,13-14,25,27H,7,10-12H2,1-3H3. The third-order valence-corrected chi connectivity index (χ3v) is 6.45. The van der Waals surface area contributed by atoms with Crippen molar-refractivity contribution in [2.45, 2.75) is 52.1 Å². The van der Waals surface area contributed by atoms with Gasteiger partial charge in [-0.2, -0.15) is 5.10 Å². The first-order valence-electron chi connectivity index (χ1n) is 9.62. The monoisotopic (exact) mass is 362 g/mol. The molecule has 0 radical (unpaired) electrons. The van der Waals surface area contributed by atoms with E-state index >= 15 is 0 Å². The summed E-state index contributed by atoms with van der Waals surface area (Å²) in [6, 6.07) is 9.85. The summed E-state index contributed by atoms with van der Waals surface area (Å²) in [6.07, 6.45) is 7.26. The Morgan fingerprint density at radius 3 is 2.59 bits per heavy atom. The van der Waals surface area contributed by atoms with Crippen molar-refractivity contribution >= 4 is 17.7 Å². The summed E-state index contributed by atoms with van der Waals surface area (Å²) >= 11 is 0. The van der Waals surface area contributed by atoms with Crippen LogP contribution in [-0.2, 0) is 4.79 Å². The molecule has 0 aromatic heterocycles. The van der Waals surface area contributed by atoms with Crippen molar-refractivity contribution in [1.29, 1.82) is 0 Å². The highest BCUT2D eigenvalue weighted by Gasteiger charge is 2.64. The Labute approximate surface area is 160 Å². The minimum atomic E-state index is -1.27. The molecule has 4 nitrogen and oxygen atoms in total. The molecule has 0 bridgehead atoms. The highest BCUT2D eigenvalue weighted by atomic mass is 16.3. The molecule has 0 amide bonds. The van der Waals surface area contributed by atoms with Crippen molar-refractivity contribution in [3.63, 3.8) is 0 Å². The zero-order chi connectivity index (χ0) is 19.2. The van der Waals surface area contributed by atoms with Gasteiger partial charge >= 0.3 is 0 Å². The summed E-state index contributed by atoms with van der Waals surface area (Å²) in [5.74, 6) is -0.116. The minimum Gasteiger partial charge on any atom is -0.381 e. The molecular formula is C23H26N2O2. The smallest absolute Gasteiger partial charge is 0.195 e. The Hall–Kier alpha value is -2.46. The number of rotatable bonds is 5. The molecule has 1 spiro atoms. The van der Waals surface area contributed by atoms with Crippen molar-refractivity contribution in [2.75, 3.05) is 5.43 Å². The van der Waals surface area contributed by atoms with Crippen LogP contribution in [0.1, 0.15) is 46.5 Å². The number of carbonyl (C=O) groups excluding carboxylic acids is 1. The summed E-state index contributed by atoms with van der Waals surface area (Å²) in [6.45, 7) is 5.85. The molecule has 1 atom stereocenters. The number of Topliss-reactive ketones (excluding diaryl/α,β-unsaturated/α-hetero) is 1. The van der Waals surface area contributed by atoms with Crippen LogP contribution in [0.25, 0.3) is 0 Å². The lowest BCUT2D eigenvalue weighted by Gasteiger charge is -2.39. The Morgan fingerprint density at radius 2 is 1.93 bits per heavy atom. The predicted molar refractivity (Wildman–Crippen MR) is 109 cm³/mol. The first-order valence-corrected chi connectivity index (χ1v) is 9.62. The third kappa shape index (κ3) is 2.71. The number of allylic oxidation sites excluding steroid dienone is 4. The number of hydrazone groups is 1. The molecule has 0 saturated heterocycles. The van der Waals surface area contributed by atoms with Crippen LogP contribution in [0.4, 0.5) is 5.69 Å². The van der Waals surface area contributed by atoms with Gasteiger partial charge in [-0.05, 0) is 81.4 Å². The summed E-state index contributed by atoms with van der Waals surface area (Å²) < 4.78 is 0. The number of ketones is 1. The number of benzene rings is 1. The van der Waals surface area contributed by atoms with Gasteiger partial charge in [0.25, 0.3) is 0 Å². The highest BCUT2D eigenvalue weighted by Crippen LogP contribution is 2.65. The average Bonchev–Trinajstić information content (AvgIpc) is 3.41. The molecule has 0 aliphatic heterocycles. The fourth-order valence-corrected chi connectivity index (χ4v) is 4.64. The maximum absolute atomic E-state index is 12.9. The summed E-state index contributed by atoms with van der Waals surface area (Å²) in [7, 11) is 0. The van der Waals surface area contributed by atoms with E-state index in [1.807, 2.05) is 42.6 Å². The van der Waals surface area contributed by atoms with Crippen LogP contribution in [-0.4, -0.2) is 22.7 Å². The normalized spacial score (nSPS) is 26.1. The number of hydrogen-bond acceptors (Lipinski definition) is 4. The Bertz CT molecular complexity index is 913. The molecule has 1 aromatic carbocycles. The number of fused-ring (bicyclic) bond motifs is 1. The van der Waals surface area contributed by atoms with Gasteiger partial charge in [-0.1, -0.05) is 23.8 Å². The molecule has 1 unspecified atom stereocenters. The Kier molecular flexibility index (Phi) is 4.19. The lowest BCUT2D eigenvalue weighted by Crippen LogP contribution is -2.49. The lowest BCUT2D eigenvalue weighted by molar-refractivity contribution is -0.137. The van der Waals surface area contributed by atoms with Crippen molar-refractivity contribution < 1.29 is 9.90 Å². The topological polar surface area (TPSA) is 61.7 Å². The van der Waals surface area contributed by atoms with Crippen LogP contribution in [0.5, 0.6) is 0 Å². The van der Waals surface area contributed by atoms with E-state index in [4.69, 9.17) is 0 Å². The van der Waals surface area contributed by atoms with E-state index in [-0.39, 0.29) is 11.2 Å². The van der Waals surface area contributed by atoms with Gasteiger partial charge in [0.1, 0.15) is 5.60 Å². The summed E-state index contributed by atoms with van der Waals surface area (Å²) in [5, 5.41) is 15.2. The van der Waals surface area contributed by atoms with Crippen LogP contribution in [0, 0.1) is 5.41 Å². The maximum Gasteiger partial charge on any atom is 0.195 e. The first kappa shape index (κ1) is 17.9. The van der Waals surface area contributed by atoms with E-state index in [0.717, 1.165) is 42.5 Å². The molecule has 1 saturated carbocycles. The number of aliphatic hydroxyl groups is 1. The van der Waals surface area contributed by atoms with E-state index in [9.17, 15) is 9.90 Å². The predicted octanol–water partition coefficient (Wildman–Crippen LogP) is 4.55. The van der Waals surface area contributed by atoms with Gasteiger partial charge in [-0.3, -0.25) is 10.2 Å². The van der Waals surface area contributed by atoms with E-state index < -0.39 is 5.60 Å². The molecule has 1 fully saturated rings. The number of anilines is 1. The lowest BCUT2D eigenvalue weighted by atomic mass is 9.67. The largest absolute Gasteiger partial charge is 0.381 e. The van der Waals surface area contributed by atoms with Gasteiger partial charge in [0.15, 0.2) is 5.78 Å². The highest BCUT2D eigenvalue weighted by molar-refractivity contribution is 6.10.